The molecule has 0 amide bonds. The first-order chi connectivity index (χ1) is 8.70. The Morgan fingerprint density at radius 1 is 1.56 bits per heavy atom. The molecule has 2 rings (SSSR count). The van der Waals surface area contributed by atoms with E-state index in [1.807, 2.05) is 4.90 Å². The second-order valence-corrected chi connectivity index (χ2v) is 4.67. The third-order valence-electron chi connectivity index (χ3n) is 3.22. The monoisotopic (exact) mass is 253 g/mol. The van der Waals surface area contributed by atoms with Gasteiger partial charge in [0.05, 0.1) is 6.54 Å². The number of aromatic nitrogens is 2. The van der Waals surface area contributed by atoms with Crippen molar-refractivity contribution in [2.24, 2.45) is 0 Å². The van der Waals surface area contributed by atoms with Crippen LogP contribution in [0.2, 0.25) is 0 Å². The number of likely N-dealkylation sites (tertiary alicyclic amines) is 1. The molecule has 18 heavy (non-hydrogen) atoms. The second-order valence-electron chi connectivity index (χ2n) is 4.67. The maximum Gasteiger partial charge on any atom is 0.320 e. The molecule has 2 heterocycles. The lowest BCUT2D eigenvalue weighted by Gasteiger charge is -2.31. The number of rotatable bonds is 5. The molecule has 1 fully saturated rings. The molecule has 0 saturated carbocycles. The molecule has 1 unspecified atom stereocenters. The van der Waals surface area contributed by atoms with E-state index >= 15 is 0 Å². The number of aryl methyl sites for hydroxylation is 1. The van der Waals surface area contributed by atoms with Crippen molar-refractivity contribution in [1.29, 1.82) is 0 Å². The minimum atomic E-state index is -0.757. The van der Waals surface area contributed by atoms with Crippen LogP contribution < -0.4 is 0 Å². The molecule has 1 aromatic rings. The highest BCUT2D eigenvalue weighted by Gasteiger charge is 2.29. The Bertz CT molecular complexity index is 405. The van der Waals surface area contributed by atoms with Gasteiger partial charge in [-0.05, 0) is 25.8 Å². The van der Waals surface area contributed by atoms with Crippen LogP contribution >= 0.6 is 0 Å². The predicted molar refractivity (Wildman–Crippen MR) is 64.0 cm³/mol. The highest BCUT2D eigenvalue weighted by molar-refractivity contribution is 5.73. The van der Waals surface area contributed by atoms with Gasteiger partial charge in [0.2, 0.25) is 5.89 Å². The van der Waals surface area contributed by atoms with Gasteiger partial charge in [0.1, 0.15) is 6.04 Å². The van der Waals surface area contributed by atoms with Crippen molar-refractivity contribution < 1.29 is 14.4 Å². The quantitative estimate of drug-likeness (QED) is 0.855. The summed E-state index contributed by atoms with van der Waals surface area (Å²) in [7, 11) is 0. The first-order valence-electron chi connectivity index (χ1n) is 6.49. The number of hydrogen-bond donors (Lipinski definition) is 1. The van der Waals surface area contributed by atoms with Gasteiger partial charge in [0.15, 0.2) is 5.82 Å². The van der Waals surface area contributed by atoms with E-state index in [2.05, 4.69) is 17.1 Å². The van der Waals surface area contributed by atoms with E-state index in [4.69, 9.17) is 4.52 Å². The topological polar surface area (TPSA) is 79.5 Å². The number of piperidine rings is 1. The summed E-state index contributed by atoms with van der Waals surface area (Å²) in [5.74, 6) is 0.468. The summed E-state index contributed by atoms with van der Waals surface area (Å²) in [6.45, 7) is 3.30. The molecule has 1 aliphatic rings. The van der Waals surface area contributed by atoms with E-state index in [0.29, 0.717) is 24.7 Å². The predicted octanol–water partition coefficient (Wildman–Crippen LogP) is 1.46. The Balaban J connectivity index is 1.99. The van der Waals surface area contributed by atoms with Crippen LogP contribution in [0.25, 0.3) is 0 Å². The number of nitrogens with zero attached hydrogens (tertiary/aromatic N) is 3. The van der Waals surface area contributed by atoms with Crippen molar-refractivity contribution in [3.05, 3.63) is 11.7 Å². The van der Waals surface area contributed by atoms with Gasteiger partial charge in [-0.25, -0.2) is 0 Å². The minimum Gasteiger partial charge on any atom is -0.480 e. The van der Waals surface area contributed by atoms with Gasteiger partial charge in [-0.2, -0.15) is 4.98 Å². The molecule has 0 bridgehead atoms. The van der Waals surface area contributed by atoms with Crippen molar-refractivity contribution in [3.8, 4) is 0 Å². The summed E-state index contributed by atoms with van der Waals surface area (Å²) in [6.07, 6.45) is 4.44. The highest BCUT2D eigenvalue weighted by atomic mass is 16.5. The molecule has 1 N–H and O–H groups in total. The van der Waals surface area contributed by atoms with Gasteiger partial charge in [-0.3, -0.25) is 9.69 Å². The van der Waals surface area contributed by atoms with Crippen LogP contribution in [0.5, 0.6) is 0 Å². The summed E-state index contributed by atoms with van der Waals surface area (Å²) >= 11 is 0. The lowest BCUT2D eigenvalue weighted by Crippen LogP contribution is -2.44. The summed E-state index contributed by atoms with van der Waals surface area (Å²) in [4.78, 5) is 17.4. The zero-order chi connectivity index (χ0) is 13.0. The van der Waals surface area contributed by atoms with E-state index in [0.717, 1.165) is 32.2 Å². The maximum atomic E-state index is 11.2. The SMILES string of the molecule is CCCc1nc(CN2CCCCC2C(=O)O)no1. The third kappa shape index (κ3) is 3.07. The standard InChI is InChI=1S/C12H19N3O3/c1-2-5-11-13-10(14-18-11)8-15-7-4-3-6-9(15)12(16)17/h9H,2-8H2,1H3,(H,16,17). The molecule has 100 valence electrons. The average molecular weight is 253 g/mol. The second kappa shape index (κ2) is 5.95. The van der Waals surface area contributed by atoms with Crippen LogP contribution in [0, 0.1) is 0 Å². The molecule has 1 aliphatic heterocycles. The molecule has 0 radical (unpaired) electrons. The smallest absolute Gasteiger partial charge is 0.320 e. The fourth-order valence-electron chi connectivity index (χ4n) is 2.31. The van der Waals surface area contributed by atoms with E-state index in [9.17, 15) is 9.90 Å². The first kappa shape index (κ1) is 13.0. The number of carbonyl (C=O) groups is 1. The Kier molecular flexibility index (Phi) is 4.30. The van der Waals surface area contributed by atoms with Crippen molar-refractivity contribution >= 4 is 5.97 Å². The van der Waals surface area contributed by atoms with Crippen LogP contribution in [0.1, 0.15) is 44.3 Å². The van der Waals surface area contributed by atoms with Crippen molar-refractivity contribution in [2.75, 3.05) is 6.54 Å². The van der Waals surface area contributed by atoms with Gasteiger partial charge in [0.25, 0.3) is 0 Å². The summed E-state index contributed by atoms with van der Waals surface area (Å²) in [6, 6.07) is -0.410. The van der Waals surface area contributed by atoms with Gasteiger partial charge in [-0.15, -0.1) is 0 Å². The molecule has 1 atom stereocenters. The van der Waals surface area contributed by atoms with Crippen LogP contribution in [-0.4, -0.2) is 38.7 Å². The molecule has 6 heteroatoms. The Morgan fingerprint density at radius 2 is 2.39 bits per heavy atom. The van der Waals surface area contributed by atoms with Crippen molar-refractivity contribution in [3.63, 3.8) is 0 Å². The van der Waals surface area contributed by atoms with Crippen LogP contribution in [-0.2, 0) is 17.8 Å². The number of carboxylic acid groups (broad SMARTS) is 1. The largest absolute Gasteiger partial charge is 0.480 e. The average Bonchev–Trinajstić information content (AvgIpc) is 2.77. The fourth-order valence-corrected chi connectivity index (χ4v) is 2.31. The zero-order valence-corrected chi connectivity index (χ0v) is 10.6. The Labute approximate surface area is 106 Å². The summed E-state index contributed by atoms with van der Waals surface area (Å²) in [5.41, 5.74) is 0. The highest BCUT2D eigenvalue weighted by Crippen LogP contribution is 2.19. The van der Waals surface area contributed by atoms with E-state index in [-0.39, 0.29) is 0 Å². The fraction of sp³-hybridized carbons (Fsp3) is 0.750. The van der Waals surface area contributed by atoms with E-state index < -0.39 is 12.0 Å². The maximum absolute atomic E-state index is 11.2. The van der Waals surface area contributed by atoms with Gasteiger partial charge in [0, 0.05) is 6.42 Å². The van der Waals surface area contributed by atoms with E-state index in [1.165, 1.54) is 0 Å². The minimum absolute atomic E-state index is 0.410. The molecule has 0 aromatic carbocycles. The van der Waals surface area contributed by atoms with Gasteiger partial charge in [-0.1, -0.05) is 18.5 Å². The molecule has 6 nitrogen and oxygen atoms in total. The number of hydrogen-bond acceptors (Lipinski definition) is 5. The van der Waals surface area contributed by atoms with Gasteiger partial charge < -0.3 is 9.63 Å². The number of carboxylic acids is 1. The molecular formula is C12H19N3O3. The summed E-state index contributed by atoms with van der Waals surface area (Å²) < 4.78 is 5.11. The normalized spacial score (nSPS) is 21.1. The lowest BCUT2D eigenvalue weighted by molar-refractivity contribution is -0.144. The zero-order valence-electron chi connectivity index (χ0n) is 10.6. The molecule has 0 aliphatic carbocycles. The Hall–Kier alpha value is -1.43. The molecule has 1 aromatic heterocycles. The molecular weight excluding hydrogens is 234 g/mol. The van der Waals surface area contributed by atoms with E-state index in [1.54, 1.807) is 0 Å². The van der Waals surface area contributed by atoms with Crippen LogP contribution in [0.4, 0.5) is 0 Å². The number of aliphatic carboxylic acids is 1. The molecule has 0 spiro atoms. The lowest BCUT2D eigenvalue weighted by atomic mass is 10.0. The third-order valence-corrected chi connectivity index (χ3v) is 3.22. The molecule has 1 saturated heterocycles. The van der Waals surface area contributed by atoms with Crippen molar-refractivity contribution in [2.45, 2.75) is 51.6 Å². The summed E-state index contributed by atoms with van der Waals surface area (Å²) in [5, 5.41) is 13.1. The first-order valence-corrected chi connectivity index (χ1v) is 6.49. The van der Waals surface area contributed by atoms with Crippen molar-refractivity contribution in [1.82, 2.24) is 15.0 Å². The van der Waals surface area contributed by atoms with Crippen LogP contribution in [0.15, 0.2) is 4.52 Å². The van der Waals surface area contributed by atoms with Gasteiger partial charge >= 0.3 is 5.97 Å². The Morgan fingerprint density at radius 3 is 3.11 bits per heavy atom. The van der Waals surface area contributed by atoms with Crippen LogP contribution in [0.3, 0.4) is 0 Å².